The van der Waals surface area contributed by atoms with Crippen LogP contribution in [0.3, 0.4) is 0 Å². The summed E-state index contributed by atoms with van der Waals surface area (Å²) in [6.45, 7) is 0. The maximum atomic E-state index is 5.27. The second-order valence-corrected chi connectivity index (χ2v) is 7.00. The Morgan fingerprint density at radius 2 is 2.11 bits per heavy atom. The van der Waals surface area contributed by atoms with Gasteiger partial charge in [0.1, 0.15) is 5.75 Å². The zero-order valence-electron chi connectivity index (χ0n) is 11.2. The molecule has 1 heterocycles. The normalized spacial score (nSPS) is 12.4. The Labute approximate surface area is 126 Å². The third kappa shape index (κ3) is 4.34. The lowest BCUT2D eigenvalue weighted by Gasteiger charge is -2.15. The number of hydrogen-bond acceptors (Lipinski definition) is 3. The number of benzene rings is 1. The predicted octanol–water partition coefficient (Wildman–Crippen LogP) is 3.89. The molecule has 0 fully saturated rings. The van der Waals surface area contributed by atoms with E-state index in [1.54, 1.807) is 18.4 Å². The molecule has 4 heteroatoms. The van der Waals surface area contributed by atoms with Crippen LogP contribution in [0.5, 0.6) is 5.75 Å². The van der Waals surface area contributed by atoms with Crippen molar-refractivity contribution in [3.05, 3.63) is 50.6 Å². The van der Waals surface area contributed by atoms with E-state index in [9.17, 15) is 0 Å². The number of methoxy groups -OCH3 is 1. The lowest BCUT2D eigenvalue weighted by atomic mass is 10.0. The Morgan fingerprint density at radius 3 is 2.74 bits per heavy atom. The molecule has 1 N–H and O–H groups in total. The minimum Gasteiger partial charge on any atom is -0.497 e. The van der Waals surface area contributed by atoms with Crippen LogP contribution in [-0.4, -0.2) is 20.2 Å². The predicted molar refractivity (Wildman–Crippen MR) is 85.3 cm³/mol. The van der Waals surface area contributed by atoms with Crippen molar-refractivity contribution in [3.63, 3.8) is 0 Å². The van der Waals surface area contributed by atoms with Crippen molar-refractivity contribution in [1.29, 1.82) is 0 Å². The number of halogens is 1. The number of nitrogens with one attached hydrogen (secondary N) is 1. The Morgan fingerprint density at radius 1 is 1.26 bits per heavy atom. The van der Waals surface area contributed by atoms with Crippen LogP contribution in [0.1, 0.15) is 10.4 Å². The van der Waals surface area contributed by atoms with E-state index in [0.29, 0.717) is 6.04 Å². The molecule has 0 aliphatic carbocycles. The molecule has 2 nitrogen and oxygen atoms in total. The zero-order valence-corrected chi connectivity index (χ0v) is 13.6. The molecule has 1 aromatic carbocycles. The summed E-state index contributed by atoms with van der Waals surface area (Å²) in [4.78, 5) is 1.40. The van der Waals surface area contributed by atoms with Gasteiger partial charge in [-0.3, -0.25) is 0 Å². The first kappa shape index (κ1) is 14.6. The standard InChI is InChI=1S/C15H18BrNOS/c1-17-12(10-14-6-7-15(16)19-14)8-11-4-3-5-13(9-11)18-2/h3-7,9,12,17H,8,10H2,1-2H3. The van der Waals surface area contributed by atoms with Crippen molar-refractivity contribution >= 4 is 27.3 Å². The molecule has 0 spiro atoms. The molecule has 0 saturated carbocycles. The third-order valence-corrected chi connectivity index (χ3v) is 4.75. The molecule has 102 valence electrons. The molecule has 0 bridgehead atoms. The second kappa shape index (κ2) is 7.08. The van der Waals surface area contributed by atoms with Crippen molar-refractivity contribution in [3.8, 4) is 5.75 Å². The molecular formula is C15H18BrNOS. The van der Waals surface area contributed by atoms with Crippen LogP contribution in [0.15, 0.2) is 40.2 Å². The van der Waals surface area contributed by atoms with Gasteiger partial charge in [-0.2, -0.15) is 0 Å². The fraction of sp³-hybridized carbons (Fsp3) is 0.333. The second-order valence-electron chi connectivity index (χ2n) is 4.45. The van der Waals surface area contributed by atoms with Crippen LogP contribution < -0.4 is 10.1 Å². The summed E-state index contributed by atoms with van der Waals surface area (Å²) >= 11 is 5.31. The summed E-state index contributed by atoms with van der Waals surface area (Å²) in [6.07, 6.45) is 2.05. The molecule has 0 radical (unpaired) electrons. The Hall–Kier alpha value is -0.840. The van der Waals surface area contributed by atoms with Crippen molar-refractivity contribution in [2.75, 3.05) is 14.2 Å². The summed E-state index contributed by atoms with van der Waals surface area (Å²) in [5.74, 6) is 0.922. The van der Waals surface area contributed by atoms with Crippen LogP contribution in [-0.2, 0) is 12.8 Å². The maximum Gasteiger partial charge on any atom is 0.119 e. The van der Waals surface area contributed by atoms with Gasteiger partial charge in [0.25, 0.3) is 0 Å². The van der Waals surface area contributed by atoms with Crippen molar-refractivity contribution in [2.24, 2.45) is 0 Å². The van der Waals surface area contributed by atoms with Crippen molar-refractivity contribution < 1.29 is 4.74 Å². The lowest BCUT2D eigenvalue weighted by molar-refractivity contribution is 0.414. The molecular weight excluding hydrogens is 322 g/mol. The molecule has 2 rings (SSSR count). The van der Waals surface area contributed by atoms with E-state index >= 15 is 0 Å². The van der Waals surface area contributed by atoms with Crippen LogP contribution >= 0.6 is 27.3 Å². The van der Waals surface area contributed by atoms with E-state index in [0.717, 1.165) is 18.6 Å². The third-order valence-electron chi connectivity index (χ3n) is 3.10. The summed E-state index contributed by atoms with van der Waals surface area (Å²) < 4.78 is 6.46. The number of likely N-dealkylation sites (N-methyl/N-ethyl adjacent to an activating group) is 1. The minimum atomic E-state index is 0.442. The number of thiophene rings is 1. The van der Waals surface area contributed by atoms with Crippen molar-refractivity contribution in [1.82, 2.24) is 5.32 Å². The Kier molecular flexibility index (Phi) is 5.43. The largest absolute Gasteiger partial charge is 0.497 e. The highest BCUT2D eigenvalue weighted by molar-refractivity contribution is 9.11. The average molecular weight is 340 g/mol. The summed E-state index contributed by atoms with van der Waals surface area (Å²) in [7, 11) is 3.73. The minimum absolute atomic E-state index is 0.442. The van der Waals surface area contributed by atoms with Gasteiger partial charge in [0.05, 0.1) is 10.9 Å². The van der Waals surface area contributed by atoms with E-state index < -0.39 is 0 Å². The zero-order chi connectivity index (χ0) is 13.7. The highest BCUT2D eigenvalue weighted by Gasteiger charge is 2.10. The van der Waals surface area contributed by atoms with Gasteiger partial charge in [0, 0.05) is 10.9 Å². The van der Waals surface area contributed by atoms with E-state index in [1.165, 1.54) is 14.2 Å². The first-order chi connectivity index (χ1) is 9.21. The number of ether oxygens (including phenoxy) is 1. The Bertz CT molecular complexity index is 526. The van der Waals surface area contributed by atoms with E-state index in [2.05, 4.69) is 45.5 Å². The molecule has 19 heavy (non-hydrogen) atoms. The average Bonchev–Trinajstić information content (AvgIpc) is 2.83. The molecule has 2 aromatic rings. The summed E-state index contributed by atoms with van der Waals surface area (Å²) in [6, 6.07) is 13.0. The number of rotatable bonds is 6. The van der Waals surface area contributed by atoms with Gasteiger partial charge in [0.15, 0.2) is 0 Å². The quantitative estimate of drug-likeness (QED) is 0.861. The number of hydrogen-bond donors (Lipinski definition) is 1. The molecule has 0 aliphatic rings. The molecule has 0 saturated heterocycles. The van der Waals surface area contributed by atoms with Gasteiger partial charge in [-0.1, -0.05) is 12.1 Å². The monoisotopic (exact) mass is 339 g/mol. The fourth-order valence-corrected chi connectivity index (χ4v) is 3.63. The first-order valence-corrected chi connectivity index (χ1v) is 7.86. The first-order valence-electron chi connectivity index (χ1n) is 6.25. The molecule has 0 amide bonds. The van der Waals surface area contributed by atoms with E-state index in [4.69, 9.17) is 4.74 Å². The highest BCUT2D eigenvalue weighted by Crippen LogP contribution is 2.24. The fourth-order valence-electron chi connectivity index (χ4n) is 2.06. The van der Waals surface area contributed by atoms with E-state index in [1.807, 2.05) is 19.2 Å². The van der Waals surface area contributed by atoms with Crippen LogP contribution in [0.4, 0.5) is 0 Å². The molecule has 1 unspecified atom stereocenters. The van der Waals surface area contributed by atoms with Crippen LogP contribution in [0, 0.1) is 0 Å². The van der Waals surface area contributed by atoms with Gasteiger partial charge < -0.3 is 10.1 Å². The van der Waals surface area contributed by atoms with Gasteiger partial charge >= 0.3 is 0 Å². The van der Waals surface area contributed by atoms with Gasteiger partial charge in [0.2, 0.25) is 0 Å². The maximum absolute atomic E-state index is 5.27. The highest BCUT2D eigenvalue weighted by atomic mass is 79.9. The molecule has 0 aliphatic heterocycles. The van der Waals surface area contributed by atoms with Gasteiger partial charge in [-0.15, -0.1) is 11.3 Å². The van der Waals surface area contributed by atoms with Crippen molar-refractivity contribution in [2.45, 2.75) is 18.9 Å². The SMILES string of the molecule is CNC(Cc1cccc(OC)c1)Cc1ccc(Br)s1. The molecule has 1 atom stereocenters. The van der Waals surface area contributed by atoms with Gasteiger partial charge in [-0.25, -0.2) is 0 Å². The lowest BCUT2D eigenvalue weighted by Crippen LogP contribution is -2.29. The molecule has 1 aromatic heterocycles. The van der Waals surface area contributed by atoms with E-state index in [-0.39, 0.29) is 0 Å². The smallest absolute Gasteiger partial charge is 0.119 e. The van der Waals surface area contributed by atoms with Crippen LogP contribution in [0.2, 0.25) is 0 Å². The summed E-state index contributed by atoms with van der Waals surface area (Å²) in [5.41, 5.74) is 1.30. The summed E-state index contributed by atoms with van der Waals surface area (Å²) in [5, 5.41) is 3.40. The van der Waals surface area contributed by atoms with Crippen LogP contribution in [0.25, 0.3) is 0 Å². The topological polar surface area (TPSA) is 21.3 Å². The van der Waals surface area contributed by atoms with Gasteiger partial charge in [-0.05, 0) is 65.6 Å². The Balaban J connectivity index is 2.01.